The molecule has 0 amide bonds. The Balaban J connectivity index is 0.914. The van der Waals surface area contributed by atoms with Crippen molar-refractivity contribution in [2.75, 3.05) is 0 Å². The van der Waals surface area contributed by atoms with E-state index in [1.54, 1.807) is 12.1 Å². The van der Waals surface area contributed by atoms with Crippen LogP contribution in [-0.4, -0.2) is 21.0 Å². The Morgan fingerprint density at radius 3 is 1.24 bits per heavy atom. The van der Waals surface area contributed by atoms with Crippen molar-refractivity contribution in [1.82, 2.24) is 8.75 Å². The highest BCUT2D eigenvalue weighted by Gasteiger charge is 2.45. The van der Waals surface area contributed by atoms with Crippen LogP contribution in [0.15, 0.2) is 72.8 Å². The molecule has 0 radical (unpaired) electrons. The number of unbranched alkanes of at least 4 members (excludes halogenated alkanes) is 4. The average Bonchev–Trinajstić information content (AvgIpc) is 4.07. The van der Waals surface area contributed by atoms with Crippen LogP contribution in [0.2, 0.25) is 0 Å². The third-order valence-electron chi connectivity index (χ3n) is 13.2. The summed E-state index contributed by atoms with van der Waals surface area (Å²) in [4.78, 5) is 2.88. The topological polar surface area (TPSA) is 44.2 Å². The van der Waals surface area contributed by atoms with Gasteiger partial charge in [-0.25, -0.2) is 8.78 Å². The number of benzene rings is 3. The molecule has 3 aromatic carbocycles. The second kappa shape index (κ2) is 20.1. The molecular weight excluding hydrogens is 871 g/mol. The van der Waals surface area contributed by atoms with E-state index in [-0.39, 0.29) is 22.6 Å². The Morgan fingerprint density at radius 2 is 0.873 bits per heavy atom. The molecule has 0 saturated heterocycles. The van der Waals surface area contributed by atoms with Gasteiger partial charge in [0.15, 0.2) is 0 Å². The second-order valence-electron chi connectivity index (χ2n) is 17.5. The molecule has 2 aliphatic carbocycles. The summed E-state index contributed by atoms with van der Waals surface area (Å²) in [6.45, 7) is 4.32. The number of alkyl halides is 4. The van der Waals surface area contributed by atoms with Crippen molar-refractivity contribution in [3.05, 3.63) is 84.4 Å². The van der Waals surface area contributed by atoms with E-state index in [4.69, 9.17) is 9.47 Å². The molecule has 0 unspecified atom stereocenters. The van der Waals surface area contributed by atoms with Gasteiger partial charge >= 0.3 is 12.2 Å². The molecule has 336 valence electrons. The zero-order chi connectivity index (χ0) is 44.1. The predicted molar refractivity (Wildman–Crippen MR) is 245 cm³/mol. The van der Waals surface area contributed by atoms with Crippen LogP contribution in [0.4, 0.5) is 26.3 Å². The zero-order valence-electron chi connectivity index (χ0n) is 35.8. The summed E-state index contributed by atoms with van der Waals surface area (Å²) >= 11 is 3.76. The largest absolute Gasteiger partial charge is 0.432 e. The van der Waals surface area contributed by atoms with Crippen molar-refractivity contribution in [2.24, 2.45) is 23.7 Å². The average molecular weight is 925 g/mol. The molecule has 6 aromatic rings. The molecule has 2 aliphatic rings. The summed E-state index contributed by atoms with van der Waals surface area (Å²) in [7, 11) is 0. The van der Waals surface area contributed by atoms with E-state index < -0.39 is 35.7 Å². The fraction of sp³-hybridized carbons (Fsp3) is 0.480. The first kappa shape index (κ1) is 45.6. The van der Waals surface area contributed by atoms with Gasteiger partial charge in [0.1, 0.15) is 34.2 Å². The number of fused-ring (bicyclic) bond motifs is 1. The normalized spacial score (nSPS) is 19.7. The van der Waals surface area contributed by atoms with Crippen molar-refractivity contribution in [3.63, 3.8) is 0 Å². The molecule has 4 nitrogen and oxygen atoms in total. The fourth-order valence-electron chi connectivity index (χ4n) is 9.46. The third-order valence-corrected chi connectivity index (χ3v) is 16.0. The van der Waals surface area contributed by atoms with E-state index >= 15 is 26.3 Å². The highest BCUT2D eigenvalue weighted by molar-refractivity contribution is 7.19. The lowest BCUT2D eigenvalue weighted by Crippen LogP contribution is -2.37. The number of hydrogen-bond donors (Lipinski definition) is 0. The minimum absolute atomic E-state index is 0.195. The maximum atomic E-state index is 15.6. The minimum Gasteiger partial charge on any atom is -0.432 e. The Kier molecular flexibility index (Phi) is 14.5. The van der Waals surface area contributed by atoms with Crippen LogP contribution in [0, 0.1) is 35.3 Å². The van der Waals surface area contributed by atoms with Gasteiger partial charge in [0.2, 0.25) is 0 Å². The molecule has 63 heavy (non-hydrogen) atoms. The summed E-state index contributed by atoms with van der Waals surface area (Å²) in [6.07, 6.45) is 6.99. The number of hydrogen-bond acceptors (Lipinski definition) is 7. The first-order valence-electron chi connectivity index (χ1n) is 22.6. The van der Waals surface area contributed by atoms with Crippen molar-refractivity contribution >= 4 is 45.4 Å². The Morgan fingerprint density at radius 1 is 0.508 bits per heavy atom. The molecule has 3 aromatic heterocycles. The Labute approximate surface area is 378 Å². The van der Waals surface area contributed by atoms with Crippen LogP contribution >= 0.6 is 34.4 Å². The standard InChI is InChI=1S/C50H54F6N2O2S3/c1-3-5-7-9-31-11-15-33(16-12-31)49(53,54)59-35-19-21-37(41(51)29-35)43-25-27-45(61-43)39-23-24-40(48-47(39)57-63-58-48)46-28-26-44(62-46)38-22-20-36(30-42(38)52)60-50(55,56)34-17-13-32(14-18-34)10-8-6-4-2/h19-34H,3-18H2,1-2H3/t31-,32-,33-,34-. The summed E-state index contributed by atoms with van der Waals surface area (Å²) < 4.78 is 112. The van der Waals surface area contributed by atoms with E-state index in [0.717, 1.165) is 109 Å². The molecule has 0 spiro atoms. The molecule has 8 rings (SSSR count). The van der Waals surface area contributed by atoms with E-state index in [0.29, 0.717) is 58.3 Å². The molecule has 0 N–H and O–H groups in total. The zero-order valence-corrected chi connectivity index (χ0v) is 38.2. The summed E-state index contributed by atoms with van der Waals surface area (Å²) in [6, 6.07) is 19.1. The molecule has 0 atom stereocenters. The lowest BCUT2D eigenvalue weighted by Gasteiger charge is -2.33. The van der Waals surface area contributed by atoms with E-state index in [9.17, 15) is 0 Å². The van der Waals surface area contributed by atoms with Gasteiger partial charge in [-0.1, -0.05) is 77.3 Å². The number of ether oxygens (including phenoxy) is 2. The van der Waals surface area contributed by atoms with Crippen molar-refractivity contribution in [2.45, 2.75) is 129 Å². The van der Waals surface area contributed by atoms with Crippen LogP contribution in [0.3, 0.4) is 0 Å². The number of halogens is 6. The molecular formula is C50H54F6N2O2S3. The summed E-state index contributed by atoms with van der Waals surface area (Å²) in [5.74, 6) is -2.49. The van der Waals surface area contributed by atoms with Gasteiger partial charge in [-0.2, -0.15) is 26.3 Å². The number of thiophene rings is 2. The van der Waals surface area contributed by atoms with Crippen molar-refractivity contribution < 1.29 is 35.8 Å². The monoisotopic (exact) mass is 924 g/mol. The minimum atomic E-state index is -3.38. The van der Waals surface area contributed by atoms with Crippen LogP contribution in [0.5, 0.6) is 11.5 Å². The van der Waals surface area contributed by atoms with Crippen LogP contribution < -0.4 is 9.47 Å². The number of aromatic nitrogens is 2. The number of rotatable bonds is 18. The summed E-state index contributed by atoms with van der Waals surface area (Å²) in [5.41, 5.74) is 3.46. The Hall–Kier alpha value is -3.94. The van der Waals surface area contributed by atoms with Crippen LogP contribution in [-0.2, 0) is 0 Å². The fourth-order valence-corrected chi connectivity index (χ4v) is 12.2. The lowest BCUT2D eigenvalue weighted by atomic mass is 9.79. The molecule has 0 aliphatic heterocycles. The Bertz CT molecular complexity index is 2280. The smallest absolute Gasteiger partial charge is 0.400 e. The van der Waals surface area contributed by atoms with Gasteiger partial charge in [0.05, 0.1) is 23.6 Å². The molecule has 2 fully saturated rings. The van der Waals surface area contributed by atoms with Gasteiger partial charge in [0, 0.05) is 53.9 Å². The highest BCUT2D eigenvalue weighted by Crippen LogP contribution is 2.46. The van der Waals surface area contributed by atoms with Gasteiger partial charge in [-0.15, -0.1) is 22.7 Å². The van der Waals surface area contributed by atoms with Crippen molar-refractivity contribution in [1.29, 1.82) is 0 Å². The van der Waals surface area contributed by atoms with Gasteiger partial charge < -0.3 is 9.47 Å². The van der Waals surface area contributed by atoms with E-state index in [1.165, 1.54) is 59.8 Å². The van der Waals surface area contributed by atoms with E-state index in [2.05, 4.69) is 22.6 Å². The highest BCUT2D eigenvalue weighted by atomic mass is 32.1. The quantitative estimate of drug-likeness (QED) is 0.0636. The van der Waals surface area contributed by atoms with Crippen molar-refractivity contribution in [3.8, 4) is 53.3 Å². The molecule has 0 bridgehead atoms. The van der Waals surface area contributed by atoms with Gasteiger partial charge in [0.25, 0.3) is 0 Å². The first-order valence-corrected chi connectivity index (χ1v) is 25.0. The second-order valence-corrected chi connectivity index (χ2v) is 20.2. The third kappa shape index (κ3) is 10.6. The first-order chi connectivity index (χ1) is 30.4. The van der Waals surface area contributed by atoms with Crippen LogP contribution in [0.1, 0.15) is 117 Å². The number of nitrogens with zero attached hydrogens (tertiary/aromatic N) is 2. The SMILES string of the molecule is CCCCC[C@H]1CC[C@H](C(F)(F)Oc2ccc(-c3ccc(-c4ccc(-c5ccc(-c6ccc(OC(F)(F)[C@H]7CC[C@H](CCCCC)CC7)cc6F)s5)c5nsnc45)s3)c(F)c2)CC1. The molecule has 13 heteroatoms. The summed E-state index contributed by atoms with van der Waals surface area (Å²) in [5, 5.41) is 0. The maximum Gasteiger partial charge on any atom is 0.400 e. The van der Waals surface area contributed by atoms with Crippen LogP contribution in [0.25, 0.3) is 52.8 Å². The van der Waals surface area contributed by atoms with Gasteiger partial charge in [-0.3, -0.25) is 0 Å². The molecule has 3 heterocycles. The predicted octanol–water partition coefficient (Wildman–Crippen LogP) is 17.5. The van der Waals surface area contributed by atoms with E-state index in [1.807, 2.05) is 24.3 Å². The van der Waals surface area contributed by atoms with Gasteiger partial charge in [-0.05, 0) is 112 Å². The molecule has 2 saturated carbocycles. The maximum absolute atomic E-state index is 15.6. The lowest BCUT2D eigenvalue weighted by molar-refractivity contribution is -0.224.